The van der Waals surface area contributed by atoms with Gasteiger partial charge >= 0.3 is 5.97 Å². The van der Waals surface area contributed by atoms with Crippen molar-refractivity contribution in [3.8, 4) is 17.2 Å². The van der Waals surface area contributed by atoms with E-state index in [9.17, 15) is 9.90 Å². The Balaban J connectivity index is 3.25. The van der Waals surface area contributed by atoms with E-state index >= 15 is 0 Å². The van der Waals surface area contributed by atoms with Crippen LogP contribution in [-0.4, -0.2) is 57.7 Å². The van der Waals surface area contributed by atoms with E-state index in [4.69, 9.17) is 29.4 Å². The molecule has 0 saturated heterocycles. The van der Waals surface area contributed by atoms with Crippen LogP contribution < -0.4 is 19.9 Å². The van der Waals surface area contributed by atoms with Crippen LogP contribution in [0.2, 0.25) is 0 Å². The molecule has 154 valence electrons. The Morgan fingerprint density at radius 1 is 1.07 bits per heavy atom. The molecule has 1 aromatic rings. The lowest BCUT2D eigenvalue weighted by atomic mass is 10.2. The summed E-state index contributed by atoms with van der Waals surface area (Å²) < 4.78 is 25.6. The number of ether oxygens (including phenoxy) is 5. The molecule has 1 aromatic carbocycles. The largest absolute Gasteiger partial charge is 0.493 e. The van der Waals surface area contributed by atoms with E-state index in [2.05, 4.69) is 10.2 Å². The number of amidine groups is 1. The zero-order valence-corrected chi connectivity index (χ0v) is 16.5. The minimum Gasteiger partial charge on any atom is -0.493 e. The van der Waals surface area contributed by atoms with Crippen LogP contribution in [0.3, 0.4) is 0 Å². The first kappa shape index (κ1) is 22.6. The van der Waals surface area contributed by atoms with Gasteiger partial charge in [0.15, 0.2) is 22.9 Å². The molecule has 0 radical (unpaired) electrons. The Hall–Kier alpha value is -3.43. The fraction of sp³-hybridized carbons (Fsp3) is 0.389. The van der Waals surface area contributed by atoms with Crippen molar-refractivity contribution in [1.29, 1.82) is 0 Å². The number of nitrogens with two attached hydrogens (primary N) is 1. The summed E-state index contributed by atoms with van der Waals surface area (Å²) in [4.78, 5) is 12.0. The number of hydrogen-bond acceptors (Lipinski definition) is 9. The summed E-state index contributed by atoms with van der Waals surface area (Å²) in [5.74, 6) is -0.715. The van der Waals surface area contributed by atoms with Crippen LogP contribution in [-0.2, 0) is 14.3 Å². The molecule has 0 bridgehead atoms. The molecule has 3 N–H and O–H groups in total. The molecule has 1 rings (SSSR count). The highest BCUT2D eigenvalue weighted by atomic mass is 16.6. The van der Waals surface area contributed by atoms with E-state index in [1.165, 1.54) is 27.5 Å². The van der Waals surface area contributed by atoms with Crippen LogP contribution in [0.1, 0.15) is 19.4 Å². The Kier molecular flexibility index (Phi) is 9.14. The van der Waals surface area contributed by atoms with Gasteiger partial charge in [-0.2, -0.15) is 5.10 Å². The van der Waals surface area contributed by atoms with Gasteiger partial charge < -0.3 is 34.5 Å². The molecule has 0 aliphatic rings. The maximum atomic E-state index is 12.0. The monoisotopic (exact) mass is 395 g/mol. The van der Waals surface area contributed by atoms with Crippen LogP contribution in [0.4, 0.5) is 0 Å². The summed E-state index contributed by atoms with van der Waals surface area (Å²) in [6, 6.07) is 3.34. The molecule has 0 amide bonds. The van der Waals surface area contributed by atoms with Crippen LogP contribution in [0.5, 0.6) is 17.2 Å². The molecule has 0 aliphatic heterocycles. The smallest absolute Gasteiger partial charge is 0.349 e. The van der Waals surface area contributed by atoms with Crippen LogP contribution in [0, 0.1) is 0 Å². The SMILES string of the molecule is CCOC(=O)C(=C(/O)OCC)/C(N)=N\N=C/c1ccc(OC)c(OC)c1OC. The third-order valence-electron chi connectivity index (χ3n) is 3.33. The summed E-state index contributed by atoms with van der Waals surface area (Å²) >= 11 is 0. The molecular weight excluding hydrogens is 370 g/mol. The Morgan fingerprint density at radius 3 is 2.25 bits per heavy atom. The second kappa shape index (κ2) is 11.3. The number of benzene rings is 1. The van der Waals surface area contributed by atoms with E-state index in [0.29, 0.717) is 22.8 Å². The number of aliphatic hydroxyl groups excluding tert-OH is 1. The van der Waals surface area contributed by atoms with Crippen molar-refractivity contribution in [2.75, 3.05) is 34.5 Å². The van der Waals surface area contributed by atoms with E-state index in [1.807, 2.05) is 0 Å². The van der Waals surface area contributed by atoms with Crippen molar-refractivity contribution in [3.63, 3.8) is 0 Å². The summed E-state index contributed by atoms with van der Waals surface area (Å²) in [6.07, 6.45) is 1.34. The summed E-state index contributed by atoms with van der Waals surface area (Å²) in [6.45, 7) is 3.45. The Bertz CT molecular complexity index is 773. The number of hydrogen-bond donors (Lipinski definition) is 2. The van der Waals surface area contributed by atoms with Gasteiger partial charge in [0.1, 0.15) is 0 Å². The average Bonchev–Trinajstić information content (AvgIpc) is 2.67. The standard InChI is InChI=1S/C18H25N3O7/c1-6-27-17(22)13(18(23)28-7-2)16(19)21-20-10-11-8-9-12(24-3)15(26-5)14(11)25-4/h8-10,22H,6-7H2,1-5H3,(H2,19,21)/b17-13-,20-10-. The fourth-order valence-corrected chi connectivity index (χ4v) is 2.14. The second-order valence-corrected chi connectivity index (χ2v) is 4.99. The van der Waals surface area contributed by atoms with Crippen LogP contribution >= 0.6 is 0 Å². The van der Waals surface area contributed by atoms with Gasteiger partial charge in [0, 0.05) is 5.56 Å². The first-order valence-electron chi connectivity index (χ1n) is 8.33. The molecule has 10 heteroatoms. The van der Waals surface area contributed by atoms with Crippen LogP contribution in [0.25, 0.3) is 0 Å². The zero-order valence-electron chi connectivity index (χ0n) is 16.5. The molecule has 0 atom stereocenters. The van der Waals surface area contributed by atoms with E-state index in [-0.39, 0.29) is 19.0 Å². The molecule has 10 nitrogen and oxygen atoms in total. The second-order valence-electron chi connectivity index (χ2n) is 4.99. The summed E-state index contributed by atoms with van der Waals surface area (Å²) in [5, 5.41) is 17.5. The molecule has 0 fully saturated rings. The number of esters is 1. The summed E-state index contributed by atoms with van der Waals surface area (Å²) in [7, 11) is 4.45. The van der Waals surface area contributed by atoms with Crippen molar-refractivity contribution < 1.29 is 33.6 Å². The first-order chi connectivity index (χ1) is 13.4. The third kappa shape index (κ3) is 5.53. The molecule has 0 aromatic heterocycles. The molecule has 0 heterocycles. The van der Waals surface area contributed by atoms with Gasteiger partial charge in [0.2, 0.25) is 5.75 Å². The lowest BCUT2D eigenvalue weighted by molar-refractivity contribution is -0.138. The lowest BCUT2D eigenvalue weighted by Gasteiger charge is -2.13. The molecule has 0 aliphatic carbocycles. The van der Waals surface area contributed by atoms with Crippen molar-refractivity contribution in [3.05, 3.63) is 29.2 Å². The van der Waals surface area contributed by atoms with E-state index < -0.39 is 17.5 Å². The van der Waals surface area contributed by atoms with E-state index in [1.54, 1.807) is 26.0 Å². The molecule has 28 heavy (non-hydrogen) atoms. The van der Waals surface area contributed by atoms with Gasteiger partial charge in [0.05, 0.1) is 40.8 Å². The van der Waals surface area contributed by atoms with Gasteiger partial charge in [-0.25, -0.2) is 4.79 Å². The number of carbonyl (C=O) groups is 1. The quantitative estimate of drug-likeness (QED) is 0.153. The number of methoxy groups -OCH3 is 3. The van der Waals surface area contributed by atoms with Crippen LogP contribution in [0.15, 0.2) is 33.9 Å². The van der Waals surface area contributed by atoms with E-state index in [0.717, 1.165) is 0 Å². The predicted molar refractivity (Wildman–Crippen MR) is 103 cm³/mol. The van der Waals surface area contributed by atoms with Crippen molar-refractivity contribution in [2.24, 2.45) is 15.9 Å². The number of rotatable bonds is 10. The fourth-order valence-electron chi connectivity index (χ4n) is 2.14. The molecular formula is C18H25N3O7. The van der Waals surface area contributed by atoms with Crippen molar-refractivity contribution in [2.45, 2.75) is 13.8 Å². The third-order valence-corrected chi connectivity index (χ3v) is 3.33. The number of aliphatic hydroxyl groups is 1. The number of nitrogens with zero attached hydrogens (tertiary/aromatic N) is 2. The van der Waals surface area contributed by atoms with Gasteiger partial charge in [-0.1, -0.05) is 0 Å². The average molecular weight is 395 g/mol. The molecule has 0 saturated carbocycles. The lowest BCUT2D eigenvalue weighted by Crippen LogP contribution is -2.25. The highest BCUT2D eigenvalue weighted by Crippen LogP contribution is 2.38. The topological polar surface area (TPSA) is 134 Å². The van der Waals surface area contributed by atoms with Gasteiger partial charge in [-0.15, -0.1) is 5.10 Å². The van der Waals surface area contributed by atoms with Gasteiger partial charge in [-0.3, -0.25) is 0 Å². The summed E-state index contributed by atoms with van der Waals surface area (Å²) in [5.41, 5.74) is 5.88. The Morgan fingerprint density at radius 2 is 1.71 bits per heavy atom. The number of carbonyl (C=O) groups excluding carboxylic acids is 1. The highest BCUT2D eigenvalue weighted by molar-refractivity contribution is 6.18. The minimum absolute atomic E-state index is 0.0845. The van der Waals surface area contributed by atoms with Crippen molar-refractivity contribution in [1.82, 2.24) is 0 Å². The normalized spacial score (nSPS) is 12.4. The molecule has 0 spiro atoms. The predicted octanol–water partition coefficient (Wildman–Crippen LogP) is 1.77. The maximum absolute atomic E-state index is 12.0. The molecule has 0 unspecified atom stereocenters. The highest BCUT2D eigenvalue weighted by Gasteiger charge is 2.23. The maximum Gasteiger partial charge on any atom is 0.349 e. The zero-order chi connectivity index (χ0) is 21.1. The minimum atomic E-state index is -0.881. The van der Waals surface area contributed by atoms with Crippen molar-refractivity contribution >= 4 is 18.0 Å². The van der Waals surface area contributed by atoms with Gasteiger partial charge in [0.25, 0.3) is 5.95 Å². The van der Waals surface area contributed by atoms with Gasteiger partial charge in [-0.05, 0) is 26.0 Å². The Labute approximate surface area is 163 Å². The first-order valence-corrected chi connectivity index (χ1v) is 8.33.